The number of aliphatic imine (C=N–C) groups is 2. The van der Waals surface area contributed by atoms with E-state index < -0.39 is 0 Å². The van der Waals surface area contributed by atoms with Crippen LogP contribution in [-0.2, 0) is 0 Å². The molecule has 6 aromatic rings. The van der Waals surface area contributed by atoms with Crippen molar-refractivity contribution >= 4 is 155 Å². The molecular weight excluding hydrogens is 935 g/mol. The van der Waals surface area contributed by atoms with Crippen molar-refractivity contribution in [3.05, 3.63) is 108 Å². The fourth-order valence-corrected chi connectivity index (χ4v) is 8.40. The Labute approximate surface area is 414 Å². The normalized spacial score (nSPS) is 16.1. The van der Waals surface area contributed by atoms with Crippen molar-refractivity contribution in [2.45, 2.75) is 19.3 Å². The van der Waals surface area contributed by atoms with Crippen molar-refractivity contribution in [1.82, 2.24) is 29.7 Å². The van der Waals surface area contributed by atoms with Gasteiger partial charge in [0.15, 0.2) is 15.4 Å². The van der Waals surface area contributed by atoms with Gasteiger partial charge in [-0.15, -0.1) is 37.2 Å². The maximum atomic E-state index is 5.81. The number of likely N-dealkylation sites (N-methyl/N-ethyl adjacent to an activating group) is 3. The fraction of sp³-hybridized carbons (Fsp3) is 0.298. The Kier molecular flexibility index (Phi) is 20.4. The van der Waals surface area contributed by atoms with Crippen LogP contribution in [0.25, 0.3) is 49.4 Å². The van der Waals surface area contributed by atoms with Crippen molar-refractivity contribution < 1.29 is 0 Å². The lowest BCUT2D eigenvalue weighted by Gasteiger charge is -2.21. The number of thioether (sulfide) groups is 2. The highest BCUT2D eigenvalue weighted by molar-refractivity contribution is 8.13. The van der Waals surface area contributed by atoms with Gasteiger partial charge in [-0.2, -0.15) is 0 Å². The number of aromatic amines is 3. The van der Waals surface area contributed by atoms with Gasteiger partial charge in [0.1, 0.15) is 0 Å². The number of halogens is 3. The average molecular weight is 997 g/mol. The molecule has 3 aliphatic heterocycles. The molecule has 0 aliphatic carbocycles. The molecule has 0 saturated carbocycles. The number of nitrogens with two attached hydrogens (primary N) is 3. The van der Waals surface area contributed by atoms with Crippen LogP contribution in [0.4, 0.5) is 17.1 Å². The van der Waals surface area contributed by atoms with Crippen LogP contribution in [0.3, 0.4) is 0 Å². The molecule has 6 heterocycles. The number of benzene rings is 3. The Balaban J connectivity index is 0.000000209. The van der Waals surface area contributed by atoms with Gasteiger partial charge in [-0.3, -0.25) is 0 Å². The van der Waals surface area contributed by atoms with Gasteiger partial charge < -0.3 is 52.2 Å². The highest BCUT2D eigenvalue weighted by atomic mass is 35.5. The van der Waals surface area contributed by atoms with Gasteiger partial charge in [-0.05, 0) is 136 Å². The second kappa shape index (κ2) is 24.9. The summed E-state index contributed by atoms with van der Waals surface area (Å²) >= 11 is 7.82. The number of amidine groups is 2. The van der Waals surface area contributed by atoms with Gasteiger partial charge in [-0.1, -0.05) is 41.8 Å². The molecule has 12 nitrogen and oxygen atoms in total. The van der Waals surface area contributed by atoms with Gasteiger partial charge in [0.05, 0.1) is 11.4 Å². The summed E-state index contributed by atoms with van der Waals surface area (Å²) in [5, 5.41) is 8.12. The monoisotopic (exact) mass is 994 g/mol. The maximum absolute atomic E-state index is 5.81. The topological polar surface area (TPSA) is 172 Å². The average Bonchev–Trinajstić information content (AvgIpc) is 4.02. The summed E-state index contributed by atoms with van der Waals surface area (Å²) in [5.74, 6) is 0. The largest absolute Gasteiger partial charge is 0.378 e. The first-order valence-electron chi connectivity index (χ1n) is 20.8. The van der Waals surface area contributed by atoms with E-state index >= 15 is 0 Å². The first-order valence-corrected chi connectivity index (χ1v) is 23.6. The van der Waals surface area contributed by atoms with Crippen LogP contribution in [0.2, 0.25) is 0 Å². The molecule has 18 heteroatoms. The van der Waals surface area contributed by atoms with Crippen molar-refractivity contribution in [2.24, 2.45) is 27.2 Å². The number of nitrogens with one attached hydrogen (secondary N) is 4. The molecule has 3 aromatic carbocycles. The molecule has 0 amide bonds. The molecule has 0 radical (unpaired) electrons. The molecule has 65 heavy (non-hydrogen) atoms. The summed E-state index contributed by atoms with van der Waals surface area (Å²) in [6, 6.07) is 18.5. The third kappa shape index (κ3) is 13.8. The second-order valence-corrected chi connectivity index (χ2v) is 17.9. The van der Waals surface area contributed by atoms with E-state index in [0.717, 1.165) is 92.1 Å². The number of fused-ring (bicyclic) bond motifs is 3. The van der Waals surface area contributed by atoms with Gasteiger partial charge in [0.25, 0.3) is 0 Å². The van der Waals surface area contributed by atoms with Crippen LogP contribution in [0.15, 0.2) is 101 Å². The van der Waals surface area contributed by atoms with Crippen LogP contribution in [0, 0.1) is 0 Å². The minimum Gasteiger partial charge on any atom is -0.378 e. The first-order chi connectivity index (χ1) is 30.0. The Bertz CT molecular complexity index is 2590. The number of H-pyrrole nitrogens is 3. The molecule has 348 valence electrons. The number of hydrogen-bond acceptors (Lipinski definition) is 8. The summed E-state index contributed by atoms with van der Waals surface area (Å²) in [6.07, 6.45) is 20.4. The number of rotatable bonds is 6. The molecule has 0 fully saturated rings. The molecule has 0 atom stereocenters. The minimum atomic E-state index is 0. The third-order valence-corrected chi connectivity index (χ3v) is 12.6. The predicted octanol–water partition coefficient (Wildman–Crippen LogP) is 10.2. The van der Waals surface area contributed by atoms with Gasteiger partial charge in [-0.25, -0.2) is 9.98 Å². The van der Waals surface area contributed by atoms with Crippen molar-refractivity contribution in [3.8, 4) is 0 Å². The van der Waals surface area contributed by atoms with E-state index in [2.05, 4.69) is 139 Å². The highest BCUT2D eigenvalue weighted by Gasteiger charge is 2.16. The molecule has 0 bridgehead atoms. The minimum absolute atomic E-state index is 0. The molecule has 0 saturated heterocycles. The number of aromatic nitrogens is 3. The molecule has 10 N–H and O–H groups in total. The van der Waals surface area contributed by atoms with E-state index in [1.165, 1.54) is 73.1 Å². The molecule has 0 spiro atoms. The second-order valence-electron chi connectivity index (χ2n) is 15.8. The van der Waals surface area contributed by atoms with E-state index in [9.17, 15) is 0 Å². The van der Waals surface area contributed by atoms with Crippen LogP contribution in [-0.4, -0.2) is 118 Å². The molecule has 0 unspecified atom stereocenters. The Morgan fingerprint density at radius 2 is 0.923 bits per heavy atom. The van der Waals surface area contributed by atoms with E-state index in [4.69, 9.17) is 29.4 Å². The zero-order chi connectivity index (χ0) is 43.8. The summed E-state index contributed by atoms with van der Waals surface area (Å²) in [7, 11) is 6.45. The van der Waals surface area contributed by atoms with Crippen LogP contribution < -0.4 is 22.5 Å². The summed E-state index contributed by atoms with van der Waals surface area (Å²) in [5.41, 5.74) is 31.4. The van der Waals surface area contributed by atoms with E-state index in [1.807, 2.05) is 30.7 Å². The SMILES string of the molecule is CN1CC=C(c2c[nH]c3ccc(NC(N)=S)cc23)CC1.CSC(N)=Nc1ccc2[nH]cc(C3=CCN(C)CC3)c2c1.CSC(N)=Nc1ccc2[nH]cc(C3=CCN(C)CC3)c2c1.Cl.Cl.Cl. The van der Waals surface area contributed by atoms with Crippen LogP contribution >= 0.6 is 73.0 Å². The van der Waals surface area contributed by atoms with Crippen molar-refractivity contribution in [2.75, 3.05) is 78.2 Å². The fourth-order valence-electron chi connectivity index (χ4n) is 7.89. The van der Waals surface area contributed by atoms with Gasteiger partial charge >= 0.3 is 0 Å². The lowest BCUT2D eigenvalue weighted by atomic mass is 9.99. The Morgan fingerprint density at radius 3 is 1.25 bits per heavy atom. The predicted molar refractivity (Wildman–Crippen MR) is 297 cm³/mol. The Morgan fingerprint density at radius 1 is 0.569 bits per heavy atom. The van der Waals surface area contributed by atoms with Crippen molar-refractivity contribution in [3.63, 3.8) is 0 Å². The van der Waals surface area contributed by atoms with Crippen LogP contribution in [0.1, 0.15) is 36.0 Å². The highest BCUT2D eigenvalue weighted by Crippen LogP contribution is 2.34. The van der Waals surface area contributed by atoms with Crippen LogP contribution in [0.5, 0.6) is 0 Å². The molecule has 3 aliphatic rings. The zero-order valence-corrected chi connectivity index (χ0v) is 42.3. The summed E-state index contributed by atoms with van der Waals surface area (Å²) < 4.78 is 0. The standard InChI is InChI=1S/2C16H20N4S.C15H18N4S.3ClH/c2*1-20-7-5-11(6-8-20)14-10-18-15-4-3-12(9-13(14)15)19-16(17)21-2;1-19-6-4-10(5-7-19)13-9-17-14-3-2-11(8-12(13)14)18-15(16)20;;;/h2*3-5,9-10,18H,6-8H2,1-2H3,(H2,17,19);2-4,8-9,17H,5-7H2,1H3,(H3,16,18,20);3*1H. The quantitative estimate of drug-likeness (QED) is 0.0484. The van der Waals surface area contributed by atoms with Crippen molar-refractivity contribution in [1.29, 1.82) is 0 Å². The van der Waals surface area contributed by atoms with E-state index in [1.54, 1.807) is 0 Å². The lowest BCUT2D eigenvalue weighted by Crippen LogP contribution is -2.23. The summed E-state index contributed by atoms with van der Waals surface area (Å²) in [6.45, 7) is 6.35. The smallest absolute Gasteiger partial charge is 0.168 e. The number of hydrogen-bond donors (Lipinski definition) is 7. The number of nitrogens with zero attached hydrogens (tertiary/aromatic N) is 5. The maximum Gasteiger partial charge on any atom is 0.168 e. The van der Waals surface area contributed by atoms with E-state index in [-0.39, 0.29) is 37.2 Å². The number of anilines is 1. The lowest BCUT2D eigenvalue weighted by molar-refractivity contribution is 0.370. The first kappa shape index (κ1) is 53.2. The third-order valence-electron chi connectivity index (χ3n) is 11.5. The van der Waals surface area contributed by atoms with E-state index in [0.29, 0.717) is 15.4 Å². The molecular formula is C47H61Cl3N12S3. The Hall–Kier alpha value is -4.42. The van der Waals surface area contributed by atoms with Gasteiger partial charge in [0.2, 0.25) is 0 Å². The number of thiocarbonyl (C=S) groups is 1. The zero-order valence-electron chi connectivity index (χ0n) is 37.4. The molecule has 9 rings (SSSR count). The summed E-state index contributed by atoms with van der Waals surface area (Å²) in [4.78, 5) is 25.8. The molecule has 3 aromatic heterocycles. The van der Waals surface area contributed by atoms with Gasteiger partial charge in [0, 0.05) is 113 Å².